The van der Waals surface area contributed by atoms with Crippen LogP contribution in [0.3, 0.4) is 0 Å². The zero-order valence-corrected chi connectivity index (χ0v) is 12.2. The summed E-state index contributed by atoms with van der Waals surface area (Å²) >= 11 is 3.37. The third-order valence-corrected chi connectivity index (χ3v) is 3.20. The summed E-state index contributed by atoms with van der Waals surface area (Å²) in [5.41, 5.74) is 0.573. The summed E-state index contributed by atoms with van der Waals surface area (Å²) < 4.78 is 0.992. The molecule has 0 radical (unpaired) electrons. The van der Waals surface area contributed by atoms with Gasteiger partial charge in [0, 0.05) is 10.0 Å². The van der Waals surface area contributed by atoms with Gasteiger partial charge in [-0.05, 0) is 45.4 Å². The summed E-state index contributed by atoms with van der Waals surface area (Å²) in [7, 11) is 0. The van der Waals surface area contributed by atoms with Gasteiger partial charge in [-0.1, -0.05) is 28.1 Å². The normalized spacial score (nSPS) is 13.2. The lowest BCUT2D eigenvalue weighted by Crippen LogP contribution is -2.46. The highest BCUT2D eigenvalue weighted by atomic mass is 79.9. The van der Waals surface area contributed by atoms with Gasteiger partial charge in [0.15, 0.2) is 0 Å². The fourth-order valence-corrected chi connectivity index (χ4v) is 2.19. The standard InChI is InChI=1S/C13H18BrNO2/c1-9(10-5-7-11(14)8-6-10)15(12(16)17)13(2,3)4/h5-9H,1-4H3,(H,16,17)/t9-/m0/s1. The average molecular weight is 300 g/mol. The molecule has 1 rings (SSSR count). The molecule has 0 bridgehead atoms. The van der Waals surface area contributed by atoms with Crippen LogP contribution in [0, 0.1) is 0 Å². The Morgan fingerprint density at radius 1 is 1.29 bits per heavy atom. The second-order valence-electron chi connectivity index (χ2n) is 5.05. The summed E-state index contributed by atoms with van der Waals surface area (Å²) in [6, 6.07) is 7.57. The van der Waals surface area contributed by atoms with E-state index >= 15 is 0 Å². The Labute approximate surface area is 111 Å². The highest BCUT2D eigenvalue weighted by molar-refractivity contribution is 9.10. The van der Waals surface area contributed by atoms with Crippen molar-refractivity contribution in [1.29, 1.82) is 0 Å². The smallest absolute Gasteiger partial charge is 0.408 e. The molecule has 1 aromatic rings. The lowest BCUT2D eigenvalue weighted by Gasteiger charge is -2.38. The molecule has 0 spiro atoms. The maximum absolute atomic E-state index is 11.3. The van der Waals surface area contributed by atoms with E-state index in [-0.39, 0.29) is 6.04 Å². The molecule has 1 atom stereocenters. The largest absolute Gasteiger partial charge is 0.465 e. The van der Waals surface area contributed by atoms with Crippen LogP contribution in [0.5, 0.6) is 0 Å². The van der Waals surface area contributed by atoms with Gasteiger partial charge in [0.1, 0.15) is 0 Å². The molecule has 3 nitrogen and oxygen atoms in total. The van der Waals surface area contributed by atoms with Gasteiger partial charge in [0.25, 0.3) is 0 Å². The molecule has 0 saturated carbocycles. The first-order chi connectivity index (χ1) is 7.73. The number of nitrogens with zero attached hydrogens (tertiary/aromatic N) is 1. The molecule has 0 heterocycles. The van der Waals surface area contributed by atoms with Crippen molar-refractivity contribution in [3.05, 3.63) is 34.3 Å². The minimum absolute atomic E-state index is 0.166. The van der Waals surface area contributed by atoms with Gasteiger partial charge in [-0.3, -0.25) is 4.90 Å². The predicted molar refractivity (Wildman–Crippen MR) is 72.2 cm³/mol. The zero-order chi connectivity index (χ0) is 13.2. The lowest BCUT2D eigenvalue weighted by atomic mass is 10.00. The third kappa shape index (κ3) is 3.46. The van der Waals surface area contributed by atoms with Crippen LogP contribution in [0.2, 0.25) is 0 Å². The molecular formula is C13H18BrNO2. The van der Waals surface area contributed by atoms with Crippen LogP contribution in [0.15, 0.2) is 28.7 Å². The van der Waals surface area contributed by atoms with E-state index in [9.17, 15) is 9.90 Å². The fourth-order valence-electron chi connectivity index (χ4n) is 1.92. The third-order valence-electron chi connectivity index (χ3n) is 2.67. The first kappa shape index (κ1) is 14.0. The SMILES string of the molecule is C[C@@H](c1ccc(Br)cc1)N(C(=O)O)C(C)(C)C. The first-order valence-electron chi connectivity index (χ1n) is 5.51. The number of carbonyl (C=O) groups is 1. The number of halogens is 1. The summed E-state index contributed by atoms with van der Waals surface area (Å²) in [6.07, 6.45) is -0.895. The van der Waals surface area contributed by atoms with Crippen LogP contribution in [-0.2, 0) is 0 Å². The van der Waals surface area contributed by atoms with Gasteiger partial charge in [-0.2, -0.15) is 0 Å². The monoisotopic (exact) mass is 299 g/mol. The Hall–Kier alpha value is -1.03. The molecule has 0 aromatic heterocycles. The molecule has 94 valence electrons. The number of benzene rings is 1. The van der Waals surface area contributed by atoms with Crippen molar-refractivity contribution in [2.24, 2.45) is 0 Å². The Morgan fingerprint density at radius 2 is 1.76 bits per heavy atom. The molecule has 4 heteroatoms. The van der Waals surface area contributed by atoms with Crippen LogP contribution in [0.1, 0.15) is 39.3 Å². The molecule has 0 aliphatic heterocycles. The maximum Gasteiger partial charge on any atom is 0.408 e. The molecule has 0 aliphatic carbocycles. The minimum Gasteiger partial charge on any atom is -0.465 e. The minimum atomic E-state index is -0.895. The molecule has 1 amide bonds. The number of rotatable bonds is 2. The van der Waals surface area contributed by atoms with Crippen LogP contribution in [-0.4, -0.2) is 21.6 Å². The van der Waals surface area contributed by atoms with E-state index in [0.29, 0.717) is 0 Å². The van der Waals surface area contributed by atoms with E-state index < -0.39 is 11.6 Å². The Morgan fingerprint density at radius 3 is 2.12 bits per heavy atom. The zero-order valence-electron chi connectivity index (χ0n) is 10.6. The lowest BCUT2D eigenvalue weighted by molar-refractivity contribution is 0.0753. The molecule has 0 unspecified atom stereocenters. The Kier molecular flexibility index (Phi) is 4.20. The van der Waals surface area contributed by atoms with Crippen LogP contribution in [0.25, 0.3) is 0 Å². The van der Waals surface area contributed by atoms with Crippen molar-refractivity contribution < 1.29 is 9.90 Å². The van der Waals surface area contributed by atoms with Gasteiger partial charge < -0.3 is 5.11 Å². The summed E-state index contributed by atoms with van der Waals surface area (Å²) in [5, 5.41) is 9.31. The Bertz CT molecular complexity index is 395. The maximum atomic E-state index is 11.3. The van der Waals surface area contributed by atoms with E-state index in [1.54, 1.807) is 0 Å². The topological polar surface area (TPSA) is 40.5 Å². The highest BCUT2D eigenvalue weighted by Crippen LogP contribution is 2.28. The fraction of sp³-hybridized carbons (Fsp3) is 0.462. The van der Waals surface area contributed by atoms with E-state index in [1.807, 2.05) is 52.0 Å². The molecule has 17 heavy (non-hydrogen) atoms. The first-order valence-corrected chi connectivity index (χ1v) is 6.30. The highest BCUT2D eigenvalue weighted by Gasteiger charge is 2.31. The molecule has 0 saturated heterocycles. The molecular weight excluding hydrogens is 282 g/mol. The van der Waals surface area contributed by atoms with Crippen LogP contribution < -0.4 is 0 Å². The Balaban J connectivity index is 3.04. The number of amides is 1. The van der Waals surface area contributed by atoms with E-state index in [2.05, 4.69) is 15.9 Å². The second kappa shape index (κ2) is 5.08. The average Bonchev–Trinajstić information content (AvgIpc) is 2.15. The van der Waals surface area contributed by atoms with E-state index in [1.165, 1.54) is 4.90 Å². The van der Waals surface area contributed by atoms with Crippen molar-refractivity contribution in [1.82, 2.24) is 4.90 Å². The van der Waals surface area contributed by atoms with Gasteiger partial charge in [-0.25, -0.2) is 4.79 Å². The number of hydrogen-bond donors (Lipinski definition) is 1. The second-order valence-corrected chi connectivity index (χ2v) is 5.97. The molecule has 1 N–H and O–H groups in total. The molecule has 0 fully saturated rings. The summed E-state index contributed by atoms with van der Waals surface area (Å²) in [4.78, 5) is 12.8. The van der Waals surface area contributed by atoms with Crippen LogP contribution in [0.4, 0.5) is 4.79 Å². The van der Waals surface area contributed by atoms with Gasteiger partial charge in [0.05, 0.1) is 6.04 Å². The van der Waals surface area contributed by atoms with Crippen molar-refractivity contribution in [3.8, 4) is 0 Å². The van der Waals surface area contributed by atoms with Crippen LogP contribution >= 0.6 is 15.9 Å². The van der Waals surface area contributed by atoms with Crippen molar-refractivity contribution in [2.45, 2.75) is 39.3 Å². The summed E-state index contributed by atoms with van der Waals surface area (Å²) in [6.45, 7) is 7.60. The van der Waals surface area contributed by atoms with Crippen molar-refractivity contribution >= 4 is 22.0 Å². The van der Waals surface area contributed by atoms with E-state index in [4.69, 9.17) is 0 Å². The number of carboxylic acid groups (broad SMARTS) is 1. The van der Waals surface area contributed by atoms with Crippen molar-refractivity contribution in [2.75, 3.05) is 0 Å². The van der Waals surface area contributed by atoms with Gasteiger partial charge >= 0.3 is 6.09 Å². The number of hydrogen-bond acceptors (Lipinski definition) is 1. The van der Waals surface area contributed by atoms with Gasteiger partial charge in [0.2, 0.25) is 0 Å². The molecule has 0 aliphatic rings. The quantitative estimate of drug-likeness (QED) is 0.885. The predicted octanol–water partition coefficient (Wildman–Crippen LogP) is 4.29. The van der Waals surface area contributed by atoms with Gasteiger partial charge in [-0.15, -0.1) is 0 Å². The molecule has 1 aromatic carbocycles. The van der Waals surface area contributed by atoms with Crippen molar-refractivity contribution in [3.63, 3.8) is 0 Å². The summed E-state index contributed by atoms with van der Waals surface area (Å²) in [5.74, 6) is 0. The van der Waals surface area contributed by atoms with E-state index in [0.717, 1.165) is 10.0 Å².